The normalized spacial score (nSPS) is 12.2. The molecule has 1 unspecified atom stereocenters. The summed E-state index contributed by atoms with van der Waals surface area (Å²) in [4.78, 5) is 14.0. The molecule has 0 radical (unpaired) electrons. The van der Waals surface area contributed by atoms with Crippen LogP contribution in [0, 0.1) is 5.92 Å². The molecule has 100 valence electrons. The van der Waals surface area contributed by atoms with E-state index >= 15 is 0 Å². The Morgan fingerprint density at radius 1 is 1.33 bits per heavy atom. The van der Waals surface area contributed by atoms with E-state index in [1.165, 1.54) is 18.2 Å². The molecule has 0 aliphatic carbocycles. The molecular formula is C14H21NO3. The zero-order chi connectivity index (χ0) is 13.7. The number of carbonyl (C=O) groups excluding carboxylic acids is 1. The number of phenolic OH excluding ortho intramolecular Hbond substituents is 2. The van der Waals surface area contributed by atoms with E-state index in [0.29, 0.717) is 19.0 Å². The van der Waals surface area contributed by atoms with E-state index < -0.39 is 0 Å². The second-order valence-corrected chi connectivity index (χ2v) is 4.56. The average molecular weight is 251 g/mol. The van der Waals surface area contributed by atoms with E-state index in [1.54, 1.807) is 4.90 Å². The van der Waals surface area contributed by atoms with Crippen LogP contribution >= 0.6 is 0 Å². The maximum Gasteiger partial charge on any atom is 0.257 e. The molecule has 1 aromatic rings. The zero-order valence-corrected chi connectivity index (χ0v) is 11.2. The van der Waals surface area contributed by atoms with Gasteiger partial charge in [-0.05, 0) is 25.0 Å². The fourth-order valence-corrected chi connectivity index (χ4v) is 1.73. The predicted octanol–water partition coefficient (Wildman–Crippen LogP) is 2.61. The lowest BCUT2D eigenvalue weighted by atomic mass is 10.1. The van der Waals surface area contributed by atoms with Crippen molar-refractivity contribution in [1.82, 2.24) is 4.90 Å². The van der Waals surface area contributed by atoms with Gasteiger partial charge in [-0.1, -0.05) is 20.3 Å². The van der Waals surface area contributed by atoms with Gasteiger partial charge in [-0.15, -0.1) is 0 Å². The molecule has 1 atom stereocenters. The van der Waals surface area contributed by atoms with Crippen LogP contribution in [-0.4, -0.2) is 34.1 Å². The van der Waals surface area contributed by atoms with Crippen LogP contribution in [0.25, 0.3) is 0 Å². The summed E-state index contributed by atoms with van der Waals surface area (Å²) in [7, 11) is 0. The summed E-state index contributed by atoms with van der Waals surface area (Å²) in [5.41, 5.74) is 0.234. The van der Waals surface area contributed by atoms with Gasteiger partial charge in [-0.3, -0.25) is 4.79 Å². The topological polar surface area (TPSA) is 60.8 Å². The van der Waals surface area contributed by atoms with Gasteiger partial charge < -0.3 is 15.1 Å². The first kappa shape index (κ1) is 14.4. The van der Waals surface area contributed by atoms with Gasteiger partial charge >= 0.3 is 0 Å². The van der Waals surface area contributed by atoms with Gasteiger partial charge in [0.15, 0.2) is 0 Å². The first-order valence-corrected chi connectivity index (χ1v) is 6.30. The molecule has 0 heterocycles. The number of benzene rings is 1. The van der Waals surface area contributed by atoms with Crippen molar-refractivity contribution < 1.29 is 15.0 Å². The van der Waals surface area contributed by atoms with Crippen molar-refractivity contribution in [3.05, 3.63) is 23.8 Å². The molecule has 2 N–H and O–H groups in total. The number of aromatic hydroxyl groups is 2. The van der Waals surface area contributed by atoms with Gasteiger partial charge in [0.05, 0.1) is 5.56 Å². The Kier molecular flexibility index (Phi) is 5.01. The third-order valence-electron chi connectivity index (χ3n) is 3.11. The second-order valence-electron chi connectivity index (χ2n) is 4.56. The third-order valence-corrected chi connectivity index (χ3v) is 3.11. The molecule has 0 aliphatic heterocycles. The summed E-state index contributed by atoms with van der Waals surface area (Å²) in [5, 5.41) is 18.9. The van der Waals surface area contributed by atoms with Crippen LogP contribution in [0.5, 0.6) is 11.5 Å². The Balaban J connectivity index is 2.89. The van der Waals surface area contributed by atoms with Crippen LogP contribution in [-0.2, 0) is 0 Å². The van der Waals surface area contributed by atoms with E-state index in [9.17, 15) is 15.0 Å². The molecule has 0 aromatic heterocycles. The fourth-order valence-electron chi connectivity index (χ4n) is 1.73. The van der Waals surface area contributed by atoms with Gasteiger partial charge in [0.2, 0.25) is 0 Å². The summed E-state index contributed by atoms with van der Waals surface area (Å²) in [6, 6.07) is 4.04. The molecule has 1 aromatic carbocycles. The average Bonchev–Trinajstić information content (AvgIpc) is 2.34. The molecule has 1 amide bonds. The van der Waals surface area contributed by atoms with Gasteiger partial charge in [0, 0.05) is 19.2 Å². The van der Waals surface area contributed by atoms with E-state index in [-0.39, 0.29) is 23.0 Å². The van der Waals surface area contributed by atoms with Crippen LogP contribution in [0.3, 0.4) is 0 Å². The molecule has 0 aliphatic rings. The van der Waals surface area contributed by atoms with Crippen molar-refractivity contribution >= 4 is 5.91 Å². The highest BCUT2D eigenvalue weighted by molar-refractivity contribution is 5.97. The summed E-state index contributed by atoms with van der Waals surface area (Å²) in [6.07, 6.45) is 1.01. The lowest BCUT2D eigenvalue weighted by Gasteiger charge is -2.24. The molecule has 4 heteroatoms. The maximum absolute atomic E-state index is 12.2. The van der Waals surface area contributed by atoms with E-state index in [0.717, 1.165) is 6.42 Å². The highest BCUT2D eigenvalue weighted by Gasteiger charge is 2.19. The molecular weight excluding hydrogens is 230 g/mol. The SMILES string of the molecule is CCC(C)CN(CC)C(=O)c1ccc(O)cc1O. The number of phenols is 2. The standard InChI is InChI=1S/C14H21NO3/c1-4-10(3)9-15(5-2)14(18)12-7-6-11(16)8-13(12)17/h6-8,10,16-17H,4-5,9H2,1-3H3. The van der Waals surface area contributed by atoms with E-state index in [4.69, 9.17) is 0 Å². The van der Waals surface area contributed by atoms with Crippen LogP contribution in [0.4, 0.5) is 0 Å². The minimum atomic E-state index is -0.199. The number of hydrogen-bond donors (Lipinski definition) is 2. The van der Waals surface area contributed by atoms with Crippen molar-refractivity contribution in [1.29, 1.82) is 0 Å². The fraction of sp³-hybridized carbons (Fsp3) is 0.500. The predicted molar refractivity (Wildman–Crippen MR) is 70.8 cm³/mol. The molecule has 0 spiro atoms. The Labute approximate surface area is 108 Å². The lowest BCUT2D eigenvalue weighted by Crippen LogP contribution is -2.34. The largest absolute Gasteiger partial charge is 0.508 e. The highest BCUT2D eigenvalue weighted by Crippen LogP contribution is 2.24. The van der Waals surface area contributed by atoms with Crippen LogP contribution in [0.2, 0.25) is 0 Å². The van der Waals surface area contributed by atoms with E-state index in [1.807, 2.05) is 6.92 Å². The number of rotatable bonds is 5. The zero-order valence-electron chi connectivity index (χ0n) is 11.2. The van der Waals surface area contributed by atoms with Gasteiger partial charge in [-0.25, -0.2) is 0 Å². The summed E-state index contributed by atoms with van der Waals surface area (Å²) < 4.78 is 0. The van der Waals surface area contributed by atoms with Crippen molar-refractivity contribution in [2.24, 2.45) is 5.92 Å². The Hall–Kier alpha value is -1.71. The maximum atomic E-state index is 12.2. The van der Waals surface area contributed by atoms with Gasteiger partial charge in [-0.2, -0.15) is 0 Å². The second kappa shape index (κ2) is 6.28. The number of carbonyl (C=O) groups is 1. The summed E-state index contributed by atoms with van der Waals surface area (Å²) >= 11 is 0. The molecule has 18 heavy (non-hydrogen) atoms. The van der Waals surface area contributed by atoms with Crippen LogP contribution in [0.15, 0.2) is 18.2 Å². The minimum Gasteiger partial charge on any atom is -0.508 e. The number of hydrogen-bond acceptors (Lipinski definition) is 3. The molecule has 0 bridgehead atoms. The highest BCUT2D eigenvalue weighted by atomic mass is 16.3. The first-order valence-electron chi connectivity index (χ1n) is 6.30. The summed E-state index contributed by atoms with van der Waals surface area (Å²) in [6.45, 7) is 7.36. The minimum absolute atomic E-state index is 0.0472. The van der Waals surface area contributed by atoms with Crippen LogP contribution in [0.1, 0.15) is 37.6 Å². The van der Waals surface area contributed by atoms with Crippen LogP contribution < -0.4 is 0 Å². The smallest absolute Gasteiger partial charge is 0.257 e. The Morgan fingerprint density at radius 2 is 2.00 bits per heavy atom. The number of amides is 1. The Morgan fingerprint density at radius 3 is 2.50 bits per heavy atom. The summed E-state index contributed by atoms with van der Waals surface area (Å²) in [5.74, 6) is 0.0000779. The monoisotopic (exact) mass is 251 g/mol. The number of nitrogens with zero attached hydrogens (tertiary/aromatic N) is 1. The lowest BCUT2D eigenvalue weighted by molar-refractivity contribution is 0.0738. The third kappa shape index (κ3) is 3.39. The Bertz CT molecular complexity index is 418. The van der Waals surface area contributed by atoms with Crippen molar-refractivity contribution in [2.75, 3.05) is 13.1 Å². The molecule has 0 fully saturated rings. The molecule has 0 saturated carbocycles. The van der Waals surface area contributed by atoms with Crippen molar-refractivity contribution in [3.63, 3.8) is 0 Å². The van der Waals surface area contributed by atoms with Crippen molar-refractivity contribution in [2.45, 2.75) is 27.2 Å². The van der Waals surface area contributed by atoms with Gasteiger partial charge in [0.25, 0.3) is 5.91 Å². The van der Waals surface area contributed by atoms with E-state index in [2.05, 4.69) is 13.8 Å². The molecule has 4 nitrogen and oxygen atoms in total. The quantitative estimate of drug-likeness (QED) is 0.845. The molecule has 1 rings (SSSR count). The van der Waals surface area contributed by atoms with Gasteiger partial charge in [0.1, 0.15) is 11.5 Å². The van der Waals surface area contributed by atoms with Crippen molar-refractivity contribution in [3.8, 4) is 11.5 Å². The molecule has 0 saturated heterocycles. The first-order chi connectivity index (χ1) is 8.49.